The highest BCUT2D eigenvalue weighted by molar-refractivity contribution is 5.77. The Kier molecular flexibility index (Phi) is 3.24. The fraction of sp³-hybridized carbons (Fsp3) is 0.833. The van der Waals surface area contributed by atoms with Crippen molar-refractivity contribution in [2.24, 2.45) is 17.4 Å². The van der Waals surface area contributed by atoms with Gasteiger partial charge in [-0.05, 0) is 13.3 Å². The molecule has 0 aromatic heterocycles. The van der Waals surface area contributed by atoms with Crippen LogP contribution in [-0.2, 0) is 4.79 Å². The van der Waals surface area contributed by atoms with Crippen LogP contribution in [0.1, 0.15) is 20.3 Å². The summed E-state index contributed by atoms with van der Waals surface area (Å²) in [5.74, 6) is -0.461. The summed E-state index contributed by atoms with van der Waals surface area (Å²) < 4.78 is 0. The molecule has 3 heteroatoms. The Hall–Kier alpha value is -0.570. The van der Waals surface area contributed by atoms with E-state index in [1.807, 2.05) is 6.92 Å². The first-order chi connectivity index (χ1) is 4.09. The fourth-order valence-electron chi connectivity index (χ4n) is 0.832. The number of amides is 1. The lowest BCUT2D eigenvalue weighted by molar-refractivity contribution is -0.122. The van der Waals surface area contributed by atoms with Gasteiger partial charge in [0, 0.05) is 6.04 Å². The summed E-state index contributed by atoms with van der Waals surface area (Å²) in [4.78, 5) is 10.5. The van der Waals surface area contributed by atoms with Gasteiger partial charge < -0.3 is 11.5 Å². The highest BCUT2D eigenvalue weighted by atomic mass is 16.1. The number of hydrogen-bond acceptors (Lipinski definition) is 2. The molecule has 2 atom stereocenters. The van der Waals surface area contributed by atoms with E-state index in [0.717, 1.165) is 6.42 Å². The number of primary amides is 1. The van der Waals surface area contributed by atoms with Gasteiger partial charge in [0.15, 0.2) is 0 Å². The van der Waals surface area contributed by atoms with E-state index < -0.39 is 0 Å². The van der Waals surface area contributed by atoms with Gasteiger partial charge in [-0.15, -0.1) is 0 Å². The van der Waals surface area contributed by atoms with E-state index in [1.54, 1.807) is 6.92 Å². The van der Waals surface area contributed by atoms with Gasteiger partial charge in [-0.2, -0.15) is 0 Å². The van der Waals surface area contributed by atoms with E-state index in [1.165, 1.54) is 0 Å². The van der Waals surface area contributed by atoms with Crippen LogP contribution >= 0.6 is 0 Å². The Bertz CT molecular complexity index is 101. The van der Waals surface area contributed by atoms with Crippen molar-refractivity contribution >= 4 is 5.91 Å². The van der Waals surface area contributed by atoms with Crippen LogP contribution in [0.25, 0.3) is 0 Å². The Labute approximate surface area is 55.4 Å². The summed E-state index contributed by atoms with van der Waals surface area (Å²) in [7, 11) is 0. The molecule has 0 bridgehead atoms. The maximum atomic E-state index is 10.5. The van der Waals surface area contributed by atoms with Gasteiger partial charge in [-0.3, -0.25) is 4.79 Å². The van der Waals surface area contributed by atoms with Crippen LogP contribution in [0.5, 0.6) is 0 Å². The Balaban J connectivity index is 3.83. The monoisotopic (exact) mass is 130 g/mol. The van der Waals surface area contributed by atoms with E-state index in [-0.39, 0.29) is 17.9 Å². The molecule has 9 heavy (non-hydrogen) atoms. The second kappa shape index (κ2) is 3.45. The summed E-state index contributed by atoms with van der Waals surface area (Å²) in [6.07, 6.45) is 0.729. The molecule has 54 valence electrons. The van der Waals surface area contributed by atoms with Gasteiger partial charge in [0.05, 0.1) is 5.92 Å². The van der Waals surface area contributed by atoms with Crippen molar-refractivity contribution in [3.8, 4) is 0 Å². The lowest BCUT2D eigenvalue weighted by atomic mass is 9.99. The van der Waals surface area contributed by atoms with E-state index in [0.29, 0.717) is 0 Å². The van der Waals surface area contributed by atoms with Crippen LogP contribution in [0, 0.1) is 5.92 Å². The molecule has 0 aliphatic rings. The van der Waals surface area contributed by atoms with Crippen molar-refractivity contribution in [1.29, 1.82) is 0 Å². The average Bonchev–Trinajstić information content (AvgIpc) is 1.64. The third-order valence-corrected chi connectivity index (χ3v) is 1.44. The standard InChI is InChI=1S/C6H14N2O/c1-3-5(4(2)7)6(8)9/h4-5H,3,7H2,1-2H3,(H2,8,9)/t4-,5+/m0/s1. The fourth-order valence-corrected chi connectivity index (χ4v) is 0.832. The molecular formula is C6H14N2O. The van der Waals surface area contributed by atoms with Crippen molar-refractivity contribution in [2.45, 2.75) is 26.3 Å². The first kappa shape index (κ1) is 8.43. The molecule has 0 aliphatic heterocycles. The summed E-state index contributed by atoms with van der Waals surface area (Å²) >= 11 is 0. The van der Waals surface area contributed by atoms with Crippen molar-refractivity contribution in [2.75, 3.05) is 0 Å². The molecular weight excluding hydrogens is 116 g/mol. The minimum absolute atomic E-state index is 0.118. The number of carbonyl (C=O) groups is 1. The molecule has 0 saturated heterocycles. The SMILES string of the molecule is CC[C@@H](C(N)=O)[C@H](C)N. The molecule has 0 saturated carbocycles. The Morgan fingerprint density at radius 3 is 2.11 bits per heavy atom. The minimum Gasteiger partial charge on any atom is -0.369 e. The predicted molar refractivity (Wildman–Crippen MR) is 36.6 cm³/mol. The molecule has 0 fully saturated rings. The van der Waals surface area contributed by atoms with Gasteiger partial charge >= 0.3 is 0 Å². The zero-order valence-electron chi connectivity index (χ0n) is 5.92. The van der Waals surface area contributed by atoms with Crippen molar-refractivity contribution in [1.82, 2.24) is 0 Å². The largest absolute Gasteiger partial charge is 0.369 e. The van der Waals surface area contributed by atoms with Crippen LogP contribution in [-0.4, -0.2) is 11.9 Å². The molecule has 0 heterocycles. The van der Waals surface area contributed by atoms with Gasteiger partial charge in [-0.25, -0.2) is 0 Å². The lowest BCUT2D eigenvalue weighted by Gasteiger charge is -2.13. The maximum Gasteiger partial charge on any atom is 0.222 e. The third-order valence-electron chi connectivity index (χ3n) is 1.44. The van der Waals surface area contributed by atoms with Crippen molar-refractivity contribution in [3.63, 3.8) is 0 Å². The number of carbonyl (C=O) groups excluding carboxylic acids is 1. The summed E-state index contributed by atoms with van der Waals surface area (Å²) in [6.45, 7) is 3.69. The number of rotatable bonds is 3. The molecule has 0 rings (SSSR count). The minimum atomic E-state index is -0.299. The third kappa shape index (κ3) is 2.46. The van der Waals surface area contributed by atoms with Gasteiger partial charge in [0.1, 0.15) is 0 Å². The zero-order chi connectivity index (χ0) is 7.44. The molecule has 0 unspecified atom stereocenters. The van der Waals surface area contributed by atoms with E-state index in [9.17, 15) is 4.79 Å². The quantitative estimate of drug-likeness (QED) is 0.557. The van der Waals surface area contributed by atoms with Crippen LogP contribution < -0.4 is 11.5 Å². The smallest absolute Gasteiger partial charge is 0.222 e. The van der Waals surface area contributed by atoms with Crippen molar-refractivity contribution in [3.05, 3.63) is 0 Å². The Morgan fingerprint density at radius 1 is 1.67 bits per heavy atom. The van der Waals surface area contributed by atoms with Gasteiger partial charge in [0.2, 0.25) is 5.91 Å². The summed E-state index contributed by atoms with van der Waals surface area (Å²) in [5.41, 5.74) is 10.5. The second-order valence-electron chi connectivity index (χ2n) is 2.28. The molecule has 0 spiro atoms. The van der Waals surface area contributed by atoms with Crippen molar-refractivity contribution < 1.29 is 4.79 Å². The van der Waals surface area contributed by atoms with Crippen LogP contribution in [0.4, 0.5) is 0 Å². The van der Waals surface area contributed by atoms with Crippen LogP contribution in [0.15, 0.2) is 0 Å². The van der Waals surface area contributed by atoms with E-state index in [2.05, 4.69) is 0 Å². The molecule has 0 aliphatic carbocycles. The van der Waals surface area contributed by atoms with E-state index in [4.69, 9.17) is 11.5 Å². The van der Waals surface area contributed by atoms with Gasteiger partial charge in [-0.1, -0.05) is 6.92 Å². The zero-order valence-corrected chi connectivity index (χ0v) is 5.92. The van der Waals surface area contributed by atoms with E-state index >= 15 is 0 Å². The molecule has 0 aromatic rings. The second-order valence-corrected chi connectivity index (χ2v) is 2.28. The summed E-state index contributed by atoms with van der Waals surface area (Å²) in [6, 6.07) is -0.118. The molecule has 1 amide bonds. The maximum absolute atomic E-state index is 10.5. The molecule has 0 aromatic carbocycles. The first-order valence-electron chi connectivity index (χ1n) is 3.14. The van der Waals surface area contributed by atoms with Crippen LogP contribution in [0.3, 0.4) is 0 Å². The molecule has 3 nitrogen and oxygen atoms in total. The number of nitrogens with two attached hydrogens (primary N) is 2. The highest BCUT2D eigenvalue weighted by Gasteiger charge is 2.16. The number of hydrogen-bond donors (Lipinski definition) is 2. The molecule has 4 N–H and O–H groups in total. The summed E-state index contributed by atoms with van der Waals surface area (Å²) in [5, 5.41) is 0. The predicted octanol–water partition coefficient (Wildman–Crippen LogP) is -0.155. The Morgan fingerprint density at radius 2 is 2.11 bits per heavy atom. The topological polar surface area (TPSA) is 69.1 Å². The molecule has 0 radical (unpaired) electrons. The highest BCUT2D eigenvalue weighted by Crippen LogP contribution is 2.04. The normalized spacial score (nSPS) is 16.8. The average molecular weight is 130 g/mol. The lowest BCUT2D eigenvalue weighted by Crippen LogP contribution is -2.36. The van der Waals surface area contributed by atoms with Gasteiger partial charge in [0.25, 0.3) is 0 Å². The first-order valence-corrected chi connectivity index (χ1v) is 3.14. The van der Waals surface area contributed by atoms with Crippen LogP contribution in [0.2, 0.25) is 0 Å².